The number of rotatable bonds is 3. The van der Waals surface area contributed by atoms with E-state index >= 15 is 0 Å². The molecular weight excluding hydrogens is 242 g/mol. The van der Waals surface area contributed by atoms with Gasteiger partial charge in [-0.05, 0) is 6.92 Å². The zero-order valence-corrected chi connectivity index (χ0v) is 10.6. The summed E-state index contributed by atoms with van der Waals surface area (Å²) in [5, 5.41) is 3.81. The van der Waals surface area contributed by atoms with Crippen LogP contribution in [0, 0.1) is 0 Å². The topological polar surface area (TPSA) is 89.4 Å². The number of aromatic nitrogens is 1. The minimum atomic E-state index is -2.86. The highest BCUT2D eigenvalue weighted by Crippen LogP contribution is 2.15. The van der Waals surface area contributed by atoms with E-state index in [9.17, 15) is 8.42 Å². The second-order valence-electron chi connectivity index (χ2n) is 4.42. The van der Waals surface area contributed by atoms with Gasteiger partial charge in [0.1, 0.15) is 0 Å². The summed E-state index contributed by atoms with van der Waals surface area (Å²) in [4.78, 5) is 2.09. The van der Waals surface area contributed by atoms with Crippen molar-refractivity contribution in [3.05, 3.63) is 17.5 Å². The van der Waals surface area contributed by atoms with Crippen LogP contribution in [0.15, 0.2) is 10.6 Å². The van der Waals surface area contributed by atoms with Gasteiger partial charge in [-0.1, -0.05) is 5.16 Å². The Morgan fingerprint density at radius 1 is 1.65 bits per heavy atom. The van der Waals surface area contributed by atoms with Crippen LogP contribution in [0.3, 0.4) is 0 Å². The SMILES string of the molecule is CC1CS(=O)(=O)CCN1Cc1cc(CN)no1. The second-order valence-corrected chi connectivity index (χ2v) is 6.65. The van der Waals surface area contributed by atoms with Crippen molar-refractivity contribution in [1.29, 1.82) is 0 Å². The van der Waals surface area contributed by atoms with Gasteiger partial charge in [-0.3, -0.25) is 4.90 Å². The van der Waals surface area contributed by atoms with Gasteiger partial charge in [0.25, 0.3) is 0 Å². The summed E-state index contributed by atoms with van der Waals surface area (Å²) < 4.78 is 28.0. The Balaban J connectivity index is 2.00. The van der Waals surface area contributed by atoms with E-state index in [0.717, 1.165) is 11.5 Å². The van der Waals surface area contributed by atoms with Crippen LogP contribution in [0.4, 0.5) is 0 Å². The first-order valence-corrected chi connectivity index (χ1v) is 7.41. The number of nitrogens with two attached hydrogens (primary N) is 1. The molecule has 1 saturated heterocycles. The summed E-state index contributed by atoms with van der Waals surface area (Å²) in [5.41, 5.74) is 6.16. The normalized spacial score (nSPS) is 24.9. The van der Waals surface area contributed by atoms with Crippen LogP contribution in [-0.2, 0) is 22.9 Å². The van der Waals surface area contributed by atoms with E-state index in [1.54, 1.807) is 0 Å². The predicted octanol–water partition coefficient (Wildman–Crippen LogP) is -0.248. The highest BCUT2D eigenvalue weighted by atomic mass is 32.2. The fraction of sp³-hybridized carbons (Fsp3) is 0.700. The Morgan fingerprint density at radius 3 is 3.00 bits per heavy atom. The Labute approximate surface area is 101 Å². The molecular formula is C10H17N3O3S. The van der Waals surface area contributed by atoms with Gasteiger partial charge in [-0.25, -0.2) is 8.42 Å². The van der Waals surface area contributed by atoms with Crippen molar-refractivity contribution in [2.45, 2.75) is 26.1 Å². The molecule has 6 nitrogen and oxygen atoms in total. The lowest BCUT2D eigenvalue weighted by atomic mass is 10.2. The highest BCUT2D eigenvalue weighted by Gasteiger charge is 2.28. The van der Waals surface area contributed by atoms with E-state index in [1.807, 2.05) is 13.0 Å². The quantitative estimate of drug-likeness (QED) is 0.805. The lowest BCUT2D eigenvalue weighted by molar-refractivity contribution is 0.193. The maximum atomic E-state index is 11.4. The first-order valence-electron chi connectivity index (χ1n) is 5.59. The lowest BCUT2D eigenvalue weighted by Gasteiger charge is -2.32. The van der Waals surface area contributed by atoms with Gasteiger partial charge >= 0.3 is 0 Å². The first kappa shape index (κ1) is 12.5. The van der Waals surface area contributed by atoms with E-state index in [1.165, 1.54) is 0 Å². The third-order valence-corrected chi connectivity index (χ3v) is 4.78. The molecule has 1 aromatic heterocycles. The molecule has 2 heterocycles. The molecule has 1 aromatic rings. The van der Waals surface area contributed by atoms with Crippen LogP contribution in [0.1, 0.15) is 18.4 Å². The molecule has 96 valence electrons. The van der Waals surface area contributed by atoms with Crippen LogP contribution < -0.4 is 5.73 Å². The van der Waals surface area contributed by atoms with Crippen LogP contribution >= 0.6 is 0 Å². The third-order valence-electron chi connectivity index (χ3n) is 2.98. The fourth-order valence-electron chi connectivity index (χ4n) is 1.99. The largest absolute Gasteiger partial charge is 0.360 e. The van der Waals surface area contributed by atoms with Gasteiger partial charge in [0.05, 0.1) is 23.7 Å². The van der Waals surface area contributed by atoms with Crippen molar-refractivity contribution in [3.8, 4) is 0 Å². The Kier molecular flexibility index (Phi) is 3.50. The van der Waals surface area contributed by atoms with E-state index in [-0.39, 0.29) is 17.5 Å². The summed E-state index contributed by atoms with van der Waals surface area (Å²) in [5.74, 6) is 1.16. The molecule has 0 bridgehead atoms. The van der Waals surface area contributed by atoms with Gasteiger partial charge in [0, 0.05) is 25.2 Å². The number of hydrogen-bond donors (Lipinski definition) is 1. The van der Waals surface area contributed by atoms with Crippen LogP contribution in [0.5, 0.6) is 0 Å². The first-order chi connectivity index (χ1) is 8.00. The summed E-state index contributed by atoms with van der Waals surface area (Å²) in [6, 6.07) is 1.83. The van der Waals surface area contributed by atoms with E-state index < -0.39 is 9.84 Å². The number of sulfone groups is 1. The molecule has 1 atom stereocenters. The minimum Gasteiger partial charge on any atom is -0.360 e. The fourth-order valence-corrected chi connectivity index (χ4v) is 3.62. The van der Waals surface area contributed by atoms with Gasteiger partial charge in [0.15, 0.2) is 15.6 Å². The lowest BCUT2D eigenvalue weighted by Crippen LogP contribution is -2.46. The Morgan fingerprint density at radius 2 is 2.41 bits per heavy atom. The highest BCUT2D eigenvalue weighted by molar-refractivity contribution is 7.91. The predicted molar refractivity (Wildman–Crippen MR) is 62.9 cm³/mol. The van der Waals surface area contributed by atoms with Gasteiger partial charge in [-0.15, -0.1) is 0 Å². The van der Waals surface area contributed by atoms with Crippen LogP contribution in [0.2, 0.25) is 0 Å². The molecule has 1 fully saturated rings. The molecule has 0 aromatic carbocycles. The minimum absolute atomic E-state index is 0.0141. The van der Waals surface area contributed by atoms with Crippen molar-refractivity contribution >= 4 is 9.84 Å². The van der Waals surface area contributed by atoms with E-state index in [0.29, 0.717) is 19.6 Å². The van der Waals surface area contributed by atoms with Gasteiger partial charge in [0.2, 0.25) is 0 Å². The molecule has 17 heavy (non-hydrogen) atoms. The van der Waals surface area contributed by atoms with Crippen molar-refractivity contribution in [1.82, 2.24) is 10.1 Å². The average Bonchev–Trinajstić information content (AvgIpc) is 2.69. The zero-order chi connectivity index (χ0) is 12.5. The average molecular weight is 259 g/mol. The molecule has 2 rings (SSSR count). The number of hydrogen-bond acceptors (Lipinski definition) is 6. The summed E-state index contributed by atoms with van der Waals surface area (Å²) in [7, 11) is -2.86. The molecule has 7 heteroatoms. The van der Waals surface area contributed by atoms with Crippen LogP contribution in [-0.4, -0.2) is 42.6 Å². The summed E-state index contributed by atoms with van der Waals surface area (Å²) in [6.07, 6.45) is 0. The number of nitrogens with zero attached hydrogens (tertiary/aromatic N) is 2. The standard InChI is InChI=1S/C10H17N3O3S/c1-8-7-17(14,15)3-2-13(8)6-10-4-9(5-11)12-16-10/h4,8H,2-3,5-7,11H2,1H3. The molecule has 1 aliphatic rings. The second kappa shape index (κ2) is 4.75. The van der Waals surface area contributed by atoms with Crippen molar-refractivity contribution < 1.29 is 12.9 Å². The molecule has 0 saturated carbocycles. The van der Waals surface area contributed by atoms with Crippen molar-refractivity contribution in [2.75, 3.05) is 18.1 Å². The molecule has 0 spiro atoms. The molecule has 0 amide bonds. The third kappa shape index (κ3) is 3.05. The Hall–Kier alpha value is -0.920. The molecule has 0 aliphatic carbocycles. The van der Waals surface area contributed by atoms with Crippen molar-refractivity contribution in [2.24, 2.45) is 5.73 Å². The Bertz CT molecular complexity index is 483. The smallest absolute Gasteiger partial charge is 0.153 e. The molecule has 1 aliphatic heterocycles. The van der Waals surface area contributed by atoms with Gasteiger partial charge < -0.3 is 10.3 Å². The molecule has 0 radical (unpaired) electrons. The van der Waals surface area contributed by atoms with Crippen LogP contribution in [0.25, 0.3) is 0 Å². The molecule has 2 N–H and O–H groups in total. The van der Waals surface area contributed by atoms with E-state index in [2.05, 4.69) is 10.1 Å². The maximum Gasteiger partial charge on any atom is 0.153 e. The maximum absolute atomic E-state index is 11.4. The monoisotopic (exact) mass is 259 g/mol. The molecule has 1 unspecified atom stereocenters. The van der Waals surface area contributed by atoms with Crippen molar-refractivity contribution in [3.63, 3.8) is 0 Å². The zero-order valence-electron chi connectivity index (χ0n) is 9.80. The summed E-state index contributed by atoms with van der Waals surface area (Å²) >= 11 is 0. The van der Waals surface area contributed by atoms with Gasteiger partial charge in [-0.2, -0.15) is 0 Å². The summed E-state index contributed by atoms with van der Waals surface area (Å²) in [6.45, 7) is 3.40. The van der Waals surface area contributed by atoms with E-state index in [4.69, 9.17) is 10.3 Å².